The van der Waals surface area contributed by atoms with Crippen molar-refractivity contribution in [2.75, 3.05) is 11.9 Å². The van der Waals surface area contributed by atoms with E-state index in [0.717, 1.165) is 5.39 Å². The second-order valence-corrected chi connectivity index (χ2v) is 5.00. The first-order valence-corrected chi connectivity index (χ1v) is 6.99. The molecule has 24 heavy (non-hydrogen) atoms. The van der Waals surface area contributed by atoms with Crippen molar-refractivity contribution in [2.24, 2.45) is 0 Å². The number of rotatable bonds is 5. The molecule has 0 radical (unpaired) electrons. The largest absolute Gasteiger partial charge is 0.405 e. The number of aromatic nitrogens is 1. The van der Waals surface area contributed by atoms with Gasteiger partial charge in [-0.1, -0.05) is 18.2 Å². The smallest absolute Gasteiger partial charge is 0.379 e. The Bertz CT molecular complexity index is 799. The summed E-state index contributed by atoms with van der Waals surface area (Å²) in [7, 11) is 0. The monoisotopic (exact) mass is 336 g/mol. The molecule has 2 aromatic rings. The van der Waals surface area contributed by atoms with Crippen LogP contribution in [0.4, 0.5) is 19.0 Å². The Kier molecular flexibility index (Phi) is 5.18. The molecule has 0 unspecified atom stereocenters. The van der Waals surface area contributed by atoms with Crippen molar-refractivity contribution >= 4 is 28.8 Å². The van der Waals surface area contributed by atoms with Crippen LogP contribution in [-0.2, 0) is 4.79 Å². The molecule has 1 aromatic heterocycles. The van der Waals surface area contributed by atoms with Gasteiger partial charge in [0.2, 0.25) is 0 Å². The van der Waals surface area contributed by atoms with Gasteiger partial charge in [-0.3, -0.25) is 4.79 Å². The average Bonchev–Trinajstić information content (AvgIpc) is 2.53. The minimum Gasteiger partial charge on any atom is -0.379 e. The Morgan fingerprint density at radius 3 is 2.62 bits per heavy atom. The van der Waals surface area contributed by atoms with Gasteiger partial charge in [0.25, 0.3) is 5.91 Å². The first kappa shape index (κ1) is 17.5. The molecule has 1 aromatic carbocycles. The molecule has 5 nitrogen and oxygen atoms in total. The van der Waals surface area contributed by atoms with Crippen molar-refractivity contribution in [3.05, 3.63) is 47.7 Å². The lowest BCUT2D eigenvalue weighted by atomic mass is 10.2. The van der Waals surface area contributed by atoms with Crippen LogP contribution in [0.2, 0.25) is 0 Å². The summed E-state index contributed by atoms with van der Waals surface area (Å²) < 4.78 is 36.7. The van der Waals surface area contributed by atoms with Gasteiger partial charge >= 0.3 is 6.18 Å². The van der Waals surface area contributed by atoms with E-state index in [9.17, 15) is 18.0 Å². The van der Waals surface area contributed by atoms with E-state index in [4.69, 9.17) is 5.41 Å². The number of allylic oxidation sites excluding steroid dienone is 1. The zero-order valence-corrected chi connectivity index (χ0v) is 12.7. The lowest BCUT2D eigenvalue weighted by molar-refractivity contribution is -0.123. The number of hydrogen-bond acceptors (Lipinski definition) is 4. The van der Waals surface area contributed by atoms with Crippen LogP contribution in [0.1, 0.15) is 6.92 Å². The maximum atomic E-state index is 12.2. The van der Waals surface area contributed by atoms with Crippen molar-refractivity contribution in [1.29, 1.82) is 5.41 Å². The fourth-order valence-corrected chi connectivity index (χ4v) is 1.99. The van der Waals surface area contributed by atoms with E-state index in [-0.39, 0.29) is 17.1 Å². The quantitative estimate of drug-likeness (QED) is 0.579. The number of anilines is 1. The molecule has 0 atom stereocenters. The summed E-state index contributed by atoms with van der Waals surface area (Å²) in [5.74, 6) is -0.457. The third-order valence-electron chi connectivity index (χ3n) is 3.19. The Morgan fingerprint density at radius 1 is 1.25 bits per heavy atom. The number of carbonyl (C=O) groups excluding carboxylic acids is 1. The number of halogens is 3. The highest BCUT2D eigenvalue weighted by Gasteiger charge is 2.27. The second-order valence-electron chi connectivity index (χ2n) is 5.00. The predicted molar refractivity (Wildman–Crippen MR) is 85.9 cm³/mol. The van der Waals surface area contributed by atoms with Gasteiger partial charge in [0.15, 0.2) is 0 Å². The molecule has 0 aliphatic carbocycles. The number of alkyl halides is 3. The number of nitrogens with zero attached hydrogens (tertiary/aromatic N) is 1. The molecule has 0 saturated heterocycles. The Hall–Kier alpha value is -2.90. The summed E-state index contributed by atoms with van der Waals surface area (Å²) in [6.45, 7) is 0.0250. The first-order valence-electron chi connectivity index (χ1n) is 6.99. The maximum Gasteiger partial charge on any atom is 0.405 e. The lowest BCUT2D eigenvalue weighted by Crippen LogP contribution is -2.30. The molecular formula is C16H15F3N4O. The average molecular weight is 336 g/mol. The Balaban J connectivity index is 2.16. The van der Waals surface area contributed by atoms with Crippen LogP contribution in [0.5, 0.6) is 0 Å². The van der Waals surface area contributed by atoms with E-state index in [0.29, 0.717) is 11.7 Å². The molecule has 1 heterocycles. The molecule has 126 valence electrons. The molecule has 1 amide bonds. The Labute approximate surface area is 136 Å². The van der Waals surface area contributed by atoms with Gasteiger partial charge < -0.3 is 16.0 Å². The Morgan fingerprint density at radius 2 is 1.96 bits per heavy atom. The van der Waals surface area contributed by atoms with Crippen LogP contribution in [0.25, 0.3) is 10.9 Å². The molecule has 2 rings (SSSR count). The van der Waals surface area contributed by atoms with E-state index < -0.39 is 18.6 Å². The van der Waals surface area contributed by atoms with Gasteiger partial charge in [-0.15, -0.1) is 0 Å². The molecule has 0 saturated carbocycles. The zero-order chi connectivity index (χ0) is 17.7. The number of nitrogens with one attached hydrogen (secondary N) is 3. The van der Waals surface area contributed by atoms with Gasteiger partial charge in [-0.2, -0.15) is 13.2 Å². The summed E-state index contributed by atoms with van der Waals surface area (Å²) in [5.41, 5.74) is 0.428. The standard InChI is InChI=1S/C16H15F3N4O/c1-10(21-9-16(17,18)19)12(8-20)15(24)23-14-7-6-11-4-2-3-5-13(11)22-14/h2-8,20-21H,9H2,1H3,(H,22,23,24)/b12-10+,20-8?. The second kappa shape index (κ2) is 7.12. The lowest BCUT2D eigenvalue weighted by Gasteiger charge is -2.13. The highest BCUT2D eigenvalue weighted by atomic mass is 19.4. The fraction of sp³-hybridized carbons (Fsp3) is 0.188. The summed E-state index contributed by atoms with van der Waals surface area (Å²) in [6, 6.07) is 10.6. The topological polar surface area (TPSA) is 77.9 Å². The number of pyridine rings is 1. The molecule has 3 N–H and O–H groups in total. The number of carbonyl (C=O) groups is 1. The van der Waals surface area contributed by atoms with E-state index in [2.05, 4.69) is 15.6 Å². The maximum absolute atomic E-state index is 12.2. The summed E-state index contributed by atoms with van der Waals surface area (Å²) in [6.07, 6.45) is -3.71. The highest BCUT2D eigenvalue weighted by Crippen LogP contribution is 2.16. The molecular weight excluding hydrogens is 321 g/mol. The van der Waals surface area contributed by atoms with Crippen LogP contribution in [-0.4, -0.2) is 29.8 Å². The summed E-state index contributed by atoms with van der Waals surface area (Å²) in [4.78, 5) is 16.4. The zero-order valence-electron chi connectivity index (χ0n) is 12.7. The third-order valence-corrected chi connectivity index (χ3v) is 3.19. The van der Waals surface area contributed by atoms with Gasteiger partial charge in [0.05, 0.1) is 11.1 Å². The van der Waals surface area contributed by atoms with Gasteiger partial charge in [-0.05, 0) is 25.1 Å². The van der Waals surface area contributed by atoms with Crippen molar-refractivity contribution in [1.82, 2.24) is 10.3 Å². The first-order chi connectivity index (χ1) is 11.3. The molecule has 0 aliphatic heterocycles. The van der Waals surface area contributed by atoms with E-state index in [1.807, 2.05) is 12.1 Å². The van der Waals surface area contributed by atoms with Crippen LogP contribution in [0.15, 0.2) is 47.7 Å². The van der Waals surface area contributed by atoms with E-state index >= 15 is 0 Å². The number of fused-ring (bicyclic) bond motifs is 1. The third kappa shape index (κ3) is 4.55. The van der Waals surface area contributed by atoms with Gasteiger partial charge in [0.1, 0.15) is 12.4 Å². The highest BCUT2D eigenvalue weighted by molar-refractivity contribution is 6.17. The van der Waals surface area contributed by atoms with Crippen molar-refractivity contribution in [3.8, 4) is 0 Å². The van der Waals surface area contributed by atoms with Crippen molar-refractivity contribution in [3.63, 3.8) is 0 Å². The van der Waals surface area contributed by atoms with Crippen molar-refractivity contribution in [2.45, 2.75) is 13.1 Å². The van der Waals surface area contributed by atoms with Crippen LogP contribution < -0.4 is 10.6 Å². The number of amides is 1. The number of benzene rings is 1. The summed E-state index contributed by atoms with van der Waals surface area (Å²) >= 11 is 0. The molecule has 0 bridgehead atoms. The minimum atomic E-state index is -4.41. The van der Waals surface area contributed by atoms with E-state index in [1.54, 1.807) is 24.3 Å². The van der Waals surface area contributed by atoms with Crippen LogP contribution in [0.3, 0.4) is 0 Å². The minimum absolute atomic E-state index is 0.0411. The fourth-order valence-electron chi connectivity index (χ4n) is 1.99. The van der Waals surface area contributed by atoms with Crippen LogP contribution in [0, 0.1) is 5.41 Å². The van der Waals surface area contributed by atoms with Crippen molar-refractivity contribution < 1.29 is 18.0 Å². The number of hydrogen-bond donors (Lipinski definition) is 3. The molecule has 0 fully saturated rings. The van der Waals surface area contributed by atoms with Crippen LogP contribution >= 0.6 is 0 Å². The normalized spacial score (nSPS) is 12.5. The van der Waals surface area contributed by atoms with Gasteiger partial charge in [-0.25, -0.2) is 4.98 Å². The predicted octanol–water partition coefficient (Wildman–Crippen LogP) is 3.25. The number of para-hydroxylation sites is 1. The van der Waals surface area contributed by atoms with E-state index in [1.165, 1.54) is 6.92 Å². The SMILES string of the molecule is C/C(NCC(F)(F)F)=C(/C=N)C(=O)Nc1ccc2ccccc2n1. The van der Waals surface area contributed by atoms with Gasteiger partial charge in [0, 0.05) is 17.3 Å². The molecule has 0 aliphatic rings. The molecule has 0 spiro atoms. The summed E-state index contributed by atoms with van der Waals surface area (Å²) in [5, 5.41) is 12.7. The molecule has 8 heteroatoms.